The first kappa shape index (κ1) is 26.5. The van der Waals surface area contributed by atoms with Crippen LogP contribution < -0.4 is 0 Å². The number of aliphatic carboxylic acids is 3. The Bertz CT molecular complexity index is 820. The molecule has 0 aromatic heterocycles. The van der Waals surface area contributed by atoms with Crippen LogP contribution >= 0.6 is 0 Å². The van der Waals surface area contributed by atoms with E-state index in [9.17, 15) is 29.7 Å². The molecule has 0 unspecified atom stereocenters. The summed E-state index contributed by atoms with van der Waals surface area (Å²) in [7, 11) is 0. The predicted molar refractivity (Wildman–Crippen MR) is 125 cm³/mol. The number of carboxylic acid groups (broad SMARTS) is 3. The normalized spacial score (nSPS) is 18.6. The van der Waals surface area contributed by atoms with Crippen LogP contribution in [0.25, 0.3) is 0 Å². The van der Waals surface area contributed by atoms with E-state index in [1.165, 1.54) is 4.90 Å². The van der Waals surface area contributed by atoms with Crippen LogP contribution in [-0.2, 0) is 27.3 Å². The molecule has 33 heavy (non-hydrogen) atoms. The van der Waals surface area contributed by atoms with Crippen molar-refractivity contribution in [2.75, 3.05) is 19.6 Å². The smallest absolute Gasteiger partial charge is 0.317 e. The van der Waals surface area contributed by atoms with Crippen molar-refractivity contribution >= 4 is 17.9 Å². The maximum Gasteiger partial charge on any atom is 0.317 e. The van der Waals surface area contributed by atoms with Crippen LogP contribution in [0.4, 0.5) is 0 Å². The largest absolute Gasteiger partial charge is 0.480 e. The highest BCUT2D eigenvalue weighted by atomic mass is 16.4. The zero-order valence-electron chi connectivity index (χ0n) is 19.6. The van der Waals surface area contributed by atoms with E-state index < -0.39 is 17.9 Å². The Hall–Kier alpha value is -2.71. The molecule has 182 valence electrons. The summed E-state index contributed by atoms with van der Waals surface area (Å²) in [5.74, 6) is -2.75. The SMILES string of the molecule is C=C(Cc1ccc(CN(CC(=O)O)[C@H]2CCCC[C@@H]2N(CC(=O)O)CC(=O)O)cc1)C(C)C. The highest BCUT2D eigenvalue weighted by Crippen LogP contribution is 2.29. The highest BCUT2D eigenvalue weighted by molar-refractivity contribution is 5.72. The lowest BCUT2D eigenvalue weighted by Gasteiger charge is -2.44. The third-order valence-corrected chi connectivity index (χ3v) is 6.30. The fourth-order valence-electron chi connectivity index (χ4n) is 4.51. The molecule has 8 nitrogen and oxygen atoms in total. The standard InChI is InChI=1S/C25H36N2O6/c1-17(2)18(3)12-19-8-10-20(11-9-19)13-26(14-23(28)29)21-6-4-5-7-22(21)27(15-24(30)31)16-25(32)33/h8-11,17,21-22H,3-7,12-16H2,1-2H3,(H,28,29)(H,30,31)(H,32,33)/t21-,22-/m0/s1. The lowest BCUT2D eigenvalue weighted by Crippen LogP contribution is -2.56. The van der Waals surface area contributed by atoms with Crippen LogP contribution in [0.1, 0.15) is 50.7 Å². The van der Waals surface area contributed by atoms with Crippen molar-refractivity contribution in [3.05, 3.63) is 47.5 Å². The quantitative estimate of drug-likeness (QED) is 0.384. The topological polar surface area (TPSA) is 118 Å². The van der Waals surface area contributed by atoms with Gasteiger partial charge >= 0.3 is 17.9 Å². The summed E-state index contributed by atoms with van der Waals surface area (Å²) >= 11 is 0. The van der Waals surface area contributed by atoms with Crippen LogP contribution in [0.3, 0.4) is 0 Å². The van der Waals surface area contributed by atoms with Gasteiger partial charge in [-0.2, -0.15) is 0 Å². The molecule has 0 amide bonds. The van der Waals surface area contributed by atoms with Crippen LogP contribution in [0.5, 0.6) is 0 Å². The van der Waals surface area contributed by atoms with Crippen LogP contribution in [-0.4, -0.2) is 74.7 Å². The molecular weight excluding hydrogens is 424 g/mol. The minimum absolute atomic E-state index is 0.193. The first-order valence-electron chi connectivity index (χ1n) is 11.5. The summed E-state index contributed by atoms with van der Waals surface area (Å²) in [5.41, 5.74) is 3.26. The lowest BCUT2D eigenvalue weighted by atomic mass is 9.87. The monoisotopic (exact) mass is 460 g/mol. The second-order valence-corrected chi connectivity index (χ2v) is 9.22. The van der Waals surface area contributed by atoms with Gasteiger partial charge in [0.25, 0.3) is 0 Å². The number of nitrogens with zero attached hydrogens (tertiary/aromatic N) is 2. The molecule has 2 rings (SSSR count). The summed E-state index contributed by atoms with van der Waals surface area (Å²) in [6, 6.07) is 7.46. The number of hydrogen-bond acceptors (Lipinski definition) is 5. The van der Waals surface area contributed by atoms with Gasteiger partial charge in [-0.1, -0.05) is 63.1 Å². The van der Waals surface area contributed by atoms with Gasteiger partial charge in [0.05, 0.1) is 19.6 Å². The third-order valence-electron chi connectivity index (χ3n) is 6.30. The van der Waals surface area contributed by atoms with E-state index in [4.69, 9.17) is 0 Å². The van der Waals surface area contributed by atoms with Crippen LogP contribution in [0.2, 0.25) is 0 Å². The molecule has 1 saturated carbocycles. The lowest BCUT2D eigenvalue weighted by molar-refractivity contribution is -0.146. The van der Waals surface area contributed by atoms with Gasteiger partial charge in [0.2, 0.25) is 0 Å². The Morgan fingerprint density at radius 1 is 0.848 bits per heavy atom. The Morgan fingerprint density at radius 2 is 1.27 bits per heavy atom. The summed E-state index contributed by atoms with van der Waals surface area (Å²) in [6.07, 6.45) is 3.87. The average Bonchev–Trinajstić information content (AvgIpc) is 2.73. The van der Waals surface area contributed by atoms with Gasteiger partial charge in [0, 0.05) is 18.6 Å². The van der Waals surface area contributed by atoms with Gasteiger partial charge in [-0.3, -0.25) is 24.2 Å². The summed E-state index contributed by atoms with van der Waals surface area (Å²) in [6.45, 7) is 7.77. The molecule has 1 aliphatic rings. The Balaban J connectivity index is 2.23. The fourth-order valence-corrected chi connectivity index (χ4v) is 4.51. The number of allylic oxidation sites excluding steroid dienone is 1. The van der Waals surface area contributed by atoms with E-state index in [2.05, 4.69) is 20.4 Å². The highest BCUT2D eigenvalue weighted by Gasteiger charge is 2.36. The van der Waals surface area contributed by atoms with Gasteiger partial charge in [-0.15, -0.1) is 0 Å². The van der Waals surface area contributed by atoms with Crippen molar-refractivity contribution in [3.8, 4) is 0 Å². The van der Waals surface area contributed by atoms with Crippen molar-refractivity contribution in [2.45, 2.75) is 64.6 Å². The molecule has 0 saturated heterocycles. The van der Waals surface area contributed by atoms with Crippen LogP contribution in [0, 0.1) is 5.92 Å². The summed E-state index contributed by atoms with van der Waals surface area (Å²) in [4.78, 5) is 37.7. The van der Waals surface area contributed by atoms with E-state index in [1.54, 1.807) is 0 Å². The fraction of sp³-hybridized carbons (Fsp3) is 0.560. The minimum Gasteiger partial charge on any atom is -0.480 e. The molecule has 0 aliphatic heterocycles. The van der Waals surface area contributed by atoms with Crippen molar-refractivity contribution in [1.82, 2.24) is 9.80 Å². The predicted octanol–water partition coefficient (Wildman–Crippen LogP) is 3.11. The first-order valence-corrected chi connectivity index (χ1v) is 11.5. The first-order chi connectivity index (χ1) is 15.6. The number of hydrogen-bond donors (Lipinski definition) is 3. The molecule has 3 N–H and O–H groups in total. The molecule has 1 fully saturated rings. The zero-order valence-corrected chi connectivity index (χ0v) is 19.6. The number of carbonyl (C=O) groups is 3. The Morgan fingerprint density at radius 3 is 1.73 bits per heavy atom. The van der Waals surface area contributed by atoms with Crippen molar-refractivity contribution in [2.24, 2.45) is 5.92 Å². The van der Waals surface area contributed by atoms with Gasteiger partial charge < -0.3 is 15.3 Å². The number of rotatable bonds is 13. The van der Waals surface area contributed by atoms with Crippen LogP contribution in [0.15, 0.2) is 36.4 Å². The van der Waals surface area contributed by atoms with Gasteiger partial charge in [0.1, 0.15) is 0 Å². The van der Waals surface area contributed by atoms with E-state index in [1.807, 2.05) is 29.2 Å². The molecule has 1 aliphatic carbocycles. The van der Waals surface area contributed by atoms with E-state index in [0.29, 0.717) is 25.3 Å². The summed E-state index contributed by atoms with van der Waals surface area (Å²) < 4.78 is 0. The van der Waals surface area contributed by atoms with Crippen molar-refractivity contribution in [1.29, 1.82) is 0 Å². The zero-order chi connectivity index (χ0) is 24.5. The molecular formula is C25H36N2O6. The average molecular weight is 461 g/mol. The number of benzene rings is 1. The number of carboxylic acids is 3. The molecule has 0 spiro atoms. The maximum absolute atomic E-state index is 11.7. The second kappa shape index (κ2) is 12.5. The van der Waals surface area contributed by atoms with Gasteiger partial charge in [-0.25, -0.2) is 0 Å². The van der Waals surface area contributed by atoms with E-state index in [-0.39, 0.29) is 31.7 Å². The molecule has 0 radical (unpaired) electrons. The molecule has 0 bridgehead atoms. The molecule has 1 aromatic carbocycles. The second-order valence-electron chi connectivity index (χ2n) is 9.22. The van der Waals surface area contributed by atoms with Crippen molar-refractivity contribution < 1.29 is 29.7 Å². The maximum atomic E-state index is 11.7. The molecule has 8 heteroatoms. The molecule has 2 atom stereocenters. The minimum atomic E-state index is -1.09. The van der Waals surface area contributed by atoms with Gasteiger partial charge in [0.15, 0.2) is 0 Å². The Kier molecular flexibility index (Phi) is 10.1. The third kappa shape index (κ3) is 8.63. The Labute approximate surface area is 195 Å². The molecule has 1 aromatic rings. The van der Waals surface area contributed by atoms with Crippen molar-refractivity contribution in [3.63, 3.8) is 0 Å². The molecule has 0 heterocycles. The van der Waals surface area contributed by atoms with E-state index >= 15 is 0 Å². The van der Waals surface area contributed by atoms with E-state index in [0.717, 1.165) is 36.0 Å². The summed E-state index contributed by atoms with van der Waals surface area (Å²) in [5, 5.41) is 28.2. The van der Waals surface area contributed by atoms with Gasteiger partial charge in [-0.05, 0) is 36.3 Å².